The number of aromatic nitrogens is 1. The summed E-state index contributed by atoms with van der Waals surface area (Å²) >= 11 is 0. The first-order valence-electron chi connectivity index (χ1n) is 9.13. The number of aromatic amines is 1. The zero-order chi connectivity index (χ0) is 17.9. The van der Waals surface area contributed by atoms with Gasteiger partial charge in [-0.15, -0.1) is 0 Å². The van der Waals surface area contributed by atoms with Gasteiger partial charge in [0.25, 0.3) is 0 Å². The van der Waals surface area contributed by atoms with Crippen molar-refractivity contribution in [2.45, 2.75) is 13.0 Å². The number of H-pyrrole nitrogens is 1. The third-order valence-corrected chi connectivity index (χ3v) is 5.18. The van der Waals surface area contributed by atoms with Gasteiger partial charge in [0.2, 0.25) is 0 Å². The SMILES string of the molecule is CC(c1cc2ccccc2[nH]1)N1CCN(C(=O)Nc2ccccc2)CC1. The molecule has 2 amide bonds. The van der Waals surface area contributed by atoms with Crippen molar-refractivity contribution >= 4 is 22.6 Å². The highest BCUT2D eigenvalue weighted by molar-refractivity contribution is 5.89. The molecule has 2 N–H and O–H groups in total. The third kappa shape index (κ3) is 3.44. The fourth-order valence-electron chi connectivity index (χ4n) is 3.55. The first kappa shape index (κ1) is 16.7. The molecule has 1 aliphatic heterocycles. The van der Waals surface area contributed by atoms with Gasteiger partial charge in [0, 0.05) is 49.1 Å². The summed E-state index contributed by atoms with van der Waals surface area (Å²) in [6, 6.07) is 20.5. The molecule has 3 aromatic rings. The standard InChI is InChI=1S/C21H24N4O/c1-16(20-15-17-7-5-6-10-19(17)23-20)24-11-13-25(14-12-24)21(26)22-18-8-3-2-4-9-18/h2-10,15-16,23H,11-14H2,1H3,(H,22,26). The quantitative estimate of drug-likeness (QED) is 0.749. The number of carbonyl (C=O) groups is 1. The predicted molar refractivity (Wildman–Crippen MR) is 105 cm³/mol. The summed E-state index contributed by atoms with van der Waals surface area (Å²) < 4.78 is 0. The summed E-state index contributed by atoms with van der Waals surface area (Å²) in [5.41, 5.74) is 3.25. The lowest BCUT2D eigenvalue weighted by molar-refractivity contribution is 0.118. The number of urea groups is 1. The van der Waals surface area contributed by atoms with Crippen LogP contribution in [0.25, 0.3) is 10.9 Å². The fourth-order valence-corrected chi connectivity index (χ4v) is 3.55. The molecule has 134 valence electrons. The van der Waals surface area contributed by atoms with Crippen LogP contribution in [0.1, 0.15) is 18.7 Å². The van der Waals surface area contributed by atoms with E-state index >= 15 is 0 Å². The molecule has 26 heavy (non-hydrogen) atoms. The zero-order valence-corrected chi connectivity index (χ0v) is 15.0. The maximum Gasteiger partial charge on any atom is 0.321 e. The van der Waals surface area contributed by atoms with Gasteiger partial charge in [-0.3, -0.25) is 4.90 Å². The van der Waals surface area contributed by atoms with Crippen LogP contribution in [0, 0.1) is 0 Å². The highest BCUT2D eigenvalue weighted by atomic mass is 16.2. The van der Waals surface area contributed by atoms with Gasteiger partial charge in [-0.25, -0.2) is 4.79 Å². The zero-order valence-electron chi connectivity index (χ0n) is 15.0. The lowest BCUT2D eigenvalue weighted by Crippen LogP contribution is -2.50. The molecular formula is C21H24N4O. The van der Waals surface area contributed by atoms with Crippen molar-refractivity contribution in [2.75, 3.05) is 31.5 Å². The van der Waals surface area contributed by atoms with Crippen molar-refractivity contribution in [2.24, 2.45) is 0 Å². The Morgan fingerprint density at radius 1 is 1.00 bits per heavy atom. The fraction of sp³-hybridized carbons (Fsp3) is 0.286. The molecule has 1 fully saturated rings. The number of benzene rings is 2. The van der Waals surface area contributed by atoms with Gasteiger partial charge in [0.05, 0.1) is 0 Å². The molecule has 2 heterocycles. The van der Waals surface area contributed by atoms with E-state index in [4.69, 9.17) is 0 Å². The number of hydrogen-bond acceptors (Lipinski definition) is 2. The summed E-state index contributed by atoms with van der Waals surface area (Å²) in [4.78, 5) is 20.3. The van der Waals surface area contributed by atoms with Crippen molar-refractivity contribution in [3.05, 3.63) is 66.4 Å². The van der Waals surface area contributed by atoms with E-state index in [9.17, 15) is 4.79 Å². The maximum absolute atomic E-state index is 12.4. The number of fused-ring (bicyclic) bond motifs is 1. The normalized spacial score (nSPS) is 16.6. The largest absolute Gasteiger partial charge is 0.357 e. The Kier molecular flexibility index (Phi) is 4.63. The van der Waals surface area contributed by atoms with Crippen LogP contribution in [0.5, 0.6) is 0 Å². The molecule has 1 atom stereocenters. The van der Waals surface area contributed by atoms with E-state index in [2.05, 4.69) is 52.5 Å². The minimum Gasteiger partial charge on any atom is -0.357 e. The molecule has 4 rings (SSSR count). The monoisotopic (exact) mass is 348 g/mol. The van der Waals surface area contributed by atoms with E-state index in [1.54, 1.807) is 0 Å². The maximum atomic E-state index is 12.4. The number of anilines is 1. The van der Waals surface area contributed by atoms with Gasteiger partial charge >= 0.3 is 6.03 Å². The Morgan fingerprint density at radius 2 is 1.69 bits per heavy atom. The van der Waals surface area contributed by atoms with Gasteiger partial charge in [-0.1, -0.05) is 36.4 Å². The second kappa shape index (κ2) is 7.22. The first-order valence-corrected chi connectivity index (χ1v) is 9.13. The van der Waals surface area contributed by atoms with Crippen LogP contribution in [0.2, 0.25) is 0 Å². The Hall–Kier alpha value is -2.79. The van der Waals surface area contributed by atoms with Crippen LogP contribution in [0.4, 0.5) is 10.5 Å². The number of para-hydroxylation sites is 2. The van der Waals surface area contributed by atoms with Crippen LogP contribution in [0.3, 0.4) is 0 Å². The number of hydrogen-bond donors (Lipinski definition) is 2. The lowest BCUT2D eigenvalue weighted by Gasteiger charge is -2.37. The molecular weight excluding hydrogens is 324 g/mol. The minimum atomic E-state index is -0.0193. The second-order valence-electron chi connectivity index (χ2n) is 6.81. The van der Waals surface area contributed by atoms with Crippen LogP contribution in [-0.4, -0.2) is 47.0 Å². The average molecular weight is 348 g/mol. The Morgan fingerprint density at radius 3 is 2.42 bits per heavy atom. The van der Waals surface area contributed by atoms with Crippen LogP contribution in [-0.2, 0) is 0 Å². The van der Waals surface area contributed by atoms with Gasteiger partial charge in [-0.2, -0.15) is 0 Å². The molecule has 5 nitrogen and oxygen atoms in total. The molecule has 0 bridgehead atoms. The van der Waals surface area contributed by atoms with Crippen LogP contribution < -0.4 is 5.32 Å². The Balaban J connectivity index is 1.36. The number of carbonyl (C=O) groups excluding carboxylic acids is 1. The summed E-state index contributed by atoms with van der Waals surface area (Å²) in [6.45, 7) is 5.45. The third-order valence-electron chi connectivity index (χ3n) is 5.18. The van der Waals surface area contributed by atoms with Crippen molar-refractivity contribution in [3.63, 3.8) is 0 Å². The topological polar surface area (TPSA) is 51.4 Å². The Labute approximate surface area is 153 Å². The van der Waals surface area contributed by atoms with Crippen molar-refractivity contribution in [1.29, 1.82) is 0 Å². The average Bonchev–Trinajstić information content (AvgIpc) is 3.12. The molecule has 2 aromatic carbocycles. The van der Waals surface area contributed by atoms with E-state index in [0.717, 1.165) is 31.9 Å². The summed E-state index contributed by atoms with van der Waals surface area (Å²) in [5.74, 6) is 0. The lowest BCUT2D eigenvalue weighted by atomic mass is 10.1. The van der Waals surface area contributed by atoms with E-state index in [1.165, 1.54) is 16.6 Å². The molecule has 1 unspecified atom stereocenters. The number of nitrogens with one attached hydrogen (secondary N) is 2. The number of nitrogens with zero attached hydrogens (tertiary/aromatic N) is 2. The molecule has 0 radical (unpaired) electrons. The highest BCUT2D eigenvalue weighted by Gasteiger charge is 2.25. The van der Waals surface area contributed by atoms with Gasteiger partial charge in [0.1, 0.15) is 0 Å². The van der Waals surface area contributed by atoms with E-state index in [0.29, 0.717) is 6.04 Å². The molecule has 0 aliphatic carbocycles. The van der Waals surface area contributed by atoms with Crippen molar-refractivity contribution in [3.8, 4) is 0 Å². The van der Waals surface area contributed by atoms with Crippen LogP contribution in [0.15, 0.2) is 60.7 Å². The van der Waals surface area contributed by atoms with E-state index in [-0.39, 0.29) is 6.03 Å². The molecule has 1 aromatic heterocycles. The number of amides is 2. The molecule has 5 heteroatoms. The molecule has 0 spiro atoms. The molecule has 1 saturated heterocycles. The summed E-state index contributed by atoms with van der Waals surface area (Å²) in [7, 11) is 0. The van der Waals surface area contributed by atoms with E-state index < -0.39 is 0 Å². The molecule has 0 saturated carbocycles. The summed E-state index contributed by atoms with van der Waals surface area (Å²) in [6.07, 6.45) is 0. The smallest absolute Gasteiger partial charge is 0.321 e. The summed E-state index contributed by atoms with van der Waals surface area (Å²) in [5, 5.41) is 4.21. The Bertz CT molecular complexity index is 848. The minimum absolute atomic E-state index is 0.0193. The van der Waals surface area contributed by atoms with Crippen molar-refractivity contribution < 1.29 is 4.79 Å². The van der Waals surface area contributed by atoms with Crippen LogP contribution >= 0.6 is 0 Å². The van der Waals surface area contributed by atoms with Gasteiger partial charge in [-0.05, 0) is 36.6 Å². The predicted octanol–water partition coefficient (Wildman–Crippen LogP) is 4.08. The second-order valence-corrected chi connectivity index (χ2v) is 6.81. The first-order chi connectivity index (χ1) is 12.7. The van der Waals surface area contributed by atoms with E-state index in [1.807, 2.05) is 35.2 Å². The van der Waals surface area contributed by atoms with Gasteiger partial charge < -0.3 is 15.2 Å². The molecule has 1 aliphatic rings. The van der Waals surface area contributed by atoms with Crippen molar-refractivity contribution in [1.82, 2.24) is 14.8 Å². The number of piperazine rings is 1. The highest BCUT2D eigenvalue weighted by Crippen LogP contribution is 2.25. The van der Waals surface area contributed by atoms with Gasteiger partial charge in [0.15, 0.2) is 0 Å². The number of rotatable bonds is 3.